The molecular weight excluding hydrogens is 541 g/mol. The van der Waals surface area contributed by atoms with Gasteiger partial charge < -0.3 is 20.9 Å². The second kappa shape index (κ2) is 13.2. The van der Waals surface area contributed by atoms with Crippen LogP contribution in [0.15, 0.2) is 36.4 Å². The zero-order valence-electron chi connectivity index (χ0n) is 25.9. The second-order valence-electron chi connectivity index (χ2n) is 13.1. The predicted octanol–water partition coefficient (Wildman–Crippen LogP) is 7.72. The number of esters is 1. The van der Waals surface area contributed by atoms with Crippen molar-refractivity contribution in [3.8, 4) is 5.75 Å². The molecule has 232 valence electrons. The highest BCUT2D eigenvalue weighted by molar-refractivity contribution is 5.85. The summed E-state index contributed by atoms with van der Waals surface area (Å²) in [5, 5.41) is 0. The molecule has 0 amide bonds. The maximum Gasteiger partial charge on any atom is 0.417 e. The quantitative estimate of drug-likeness (QED) is 0.196. The number of allylic oxidation sites excluding steroid dienone is 1. The Morgan fingerprint density at radius 1 is 0.952 bits per heavy atom. The van der Waals surface area contributed by atoms with E-state index in [4.69, 9.17) is 20.9 Å². The molecule has 0 aromatic heterocycles. The fourth-order valence-corrected chi connectivity index (χ4v) is 5.51. The summed E-state index contributed by atoms with van der Waals surface area (Å²) in [6.07, 6.45) is 1.87. The summed E-state index contributed by atoms with van der Waals surface area (Å²) in [6.45, 7) is 11.6. The van der Waals surface area contributed by atoms with Crippen molar-refractivity contribution in [3.63, 3.8) is 0 Å². The fourth-order valence-electron chi connectivity index (χ4n) is 5.51. The number of rotatable bonds is 12. The van der Waals surface area contributed by atoms with Crippen LogP contribution >= 0.6 is 0 Å². The molecule has 0 saturated heterocycles. The number of ether oxygens (including phenoxy) is 2. The smallest absolute Gasteiger partial charge is 0.417 e. The molecule has 0 heterocycles. The van der Waals surface area contributed by atoms with E-state index in [2.05, 4.69) is 0 Å². The third-order valence-corrected chi connectivity index (χ3v) is 8.16. The third-order valence-electron chi connectivity index (χ3n) is 8.16. The molecule has 4 N–H and O–H groups in total. The third kappa shape index (κ3) is 8.60. The van der Waals surface area contributed by atoms with Crippen molar-refractivity contribution in [2.75, 3.05) is 13.2 Å². The van der Waals surface area contributed by atoms with Crippen molar-refractivity contribution < 1.29 is 27.4 Å². The van der Waals surface area contributed by atoms with Crippen molar-refractivity contribution in [3.05, 3.63) is 64.2 Å². The van der Waals surface area contributed by atoms with Gasteiger partial charge >= 0.3 is 12.1 Å². The molecule has 0 spiro atoms. The number of fused-ring (bicyclic) bond motifs is 1. The molecule has 1 aliphatic carbocycles. The predicted molar refractivity (Wildman–Crippen MR) is 163 cm³/mol. The lowest BCUT2D eigenvalue weighted by molar-refractivity contribution is -0.158. The SMILES string of the molecule is CCCc1ccc(C2=Cc3cc(OCCCOC(=O)C(C)(C)C(C)(N)CC(C)(C)N)ccc3CCC2)c(C(F)(F)F)c1. The summed E-state index contributed by atoms with van der Waals surface area (Å²) in [5.74, 6) is 0.229. The van der Waals surface area contributed by atoms with Gasteiger partial charge in [-0.2, -0.15) is 13.2 Å². The number of alkyl halides is 3. The molecule has 0 aliphatic heterocycles. The van der Waals surface area contributed by atoms with Crippen LogP contribution in [0.2, 0.25) is 0 Å². The fraction of sp³-hybridized carbons (Fsp3) is 0.559. The standard InChI is InChI=1S/C34H47F3N2O3/c1-7-10-23-13-16-28(29(19-23)34(35,36)37)25-12-8-11-24-14-15-27(21-26(24)20-25)41-17-9-18-42-30(40)32(4,5)33(6,39)22-31(2,3)38/h13-16,19-21H,7-12,17-18,22,38-39H2,1-6H3. The van der Waals surface area contributed by atoms with Crippen LogP contribution in [0.25, 0.3) is 11.6 Å². The Morgan fingerprint density at radius 2 is 1.67 bits per heavy atom. The molecule has 0 saturated carbocycles. The Labute approximate surface area is 248 Å². The minimum absolute atomic E-state index is 0.174. The Kier molecular flexibility index (Phi) is 10.6. The van der Waals surface area contributed by atoms with E-state index in [-0.39, 0.29) is 18.1 Å². The van der Waals surface area contributed by atoms with Crippen LogP contribution in [0.4, 0.5) is 13.2 Å². The van der Waals surface area contributed by atoms with E-state index in [0.29, 0.717) is 49.2 Å². The number of aryl methyl sites for hydroxylation is 2. The highest BCUT2D eigenvalue weighted by atomic mass is 19.4. The maximum absolute atomic E-state index is 14.0. The number of halogens is 3. The van der Waals surface area contributed by atoms with Gasteiger partial charge in [-0.15, -0.1) is 0 Å². The zero-order chi connectivity index (χ0) is 31.3. The monoisotopic (exact) mass is 588 g/mol. The first-order valence-electron chi connectivity index (χ1n) is 14.9. The van der Waals surface area contributed by atoms with E-state index < -0.39 is 28.2 Å². The Morgan fingerprint density at radius 3 is 2.31 bits per heavy atom. The van der Waals surface area contributed by atoms with Gasteiger partial charge in [0.2, 0.25) is 0 Å². The first kappa shape index (κ1) is 33.7. The Balaban J connectivity index is 1.67. The molecule has 42 heavy (non-hydrogen) atoms. The average Bonchev–Trinajstić information content (AvgIpc) is 3.08. The molecule has 1 atom stereocenters. The molecule has 5 nitrogen and oxygen atoms in total. The molecule has 2 aromatic carbocycles. The minimum atomic E-state index is -4.43. The van der Waals surface area contributed by atoms with Gasteiger partial charge in [-0.1, -0.05) is 37.6 Å². The van der Waals surface area contributed by atoms with Gasteiger partial charge in [-0.05, 0) is 113 Å². The van der Waals surface area contributed by atoms with Gasteiger partial charge in [-0.25, -0.2) is 0 Å². The van der Waals surface area contributed by atoms with Gasteiger partial charge in [0.25, 0.3) is 0 Å². The number of hydrogen-bond acceptors (Lipinski definition) is 5. The van der Waals surface area contributed by atoms with Crippen LogP contribution in [0.3, 0.4) is 0 Å². The lowest BCUT2D eigenvalue weighted by Gasteiger charge is -2.42. The van der Waals surface area contributed by atoms with Gasteiger partial charge in [0.05, 0.1) is 24.2 Å². The minimum Gasteiger partial charge on any atom is -0.493 e. The van der Waals surface area contributed by atoms with Crippen LogP contribution < -0.4 is 16.2 Å². The Bertz CT molecular complexity index is 1270. The van der Waals surface area contributed by atoms with Crippen molar-refractivity contribution >= 4 is 17.6 Å². The highest BCUT2D eigenvalue weighted by Crippen LogP contribution is 2.40. The first-order chi connectivity index (χ1) is 19.4. The summed E-state index contributed by atoms with van der Waals surface area (Å²) in [5.41, 5.74) is 13.3. The summed E-state index contributed by atoms with van der Waals surface area (Å²) < 4.78 is 53.6. The molecule has 2 aromatic rings. The summed E-state index contributed by atoms with van der Waals surface area (Å²) >= 11 is 0. The molecule has 0 bridgehead atoms. The van der Waals surface area contributed by atoms with E-state index in [1.54, 1.807) is 26.0 Å². The molecule has 0 fully saturated rings. The van der Waals surface area contributed by atoms with Crippen molar-refractivity contribution in [1.82, 2.24) is 0 Å². The number of carbonyl (C=O) groups is 1. The maximum atomic E-state index is 14.0. The number of nitrogens with two attached hydrogens (primary N) is 2. The number of benzene rings is 2. The lowest BCUT2D eigenvalue weighted by Crippen LogP contribution is -2.59. The Hall–Kier alpha value is -2.84. The van der Waals surface area contributed by atoms with Crippen LogP contribution in [0.1, 0.15) is 101 Å². The topological polar surface area (TPSA) is 87.6 Å². The van der Waals surface area contributed by atoms with E-state index in [1.165, 1.54) is 6.07 Å². The van der Waals surface area contributed by atoms with E-state index in [0.717, 1.165) is 30.4 Å². The van der Waals surface area contributed by atoms with E-state index >= 15 is 0 Å². The van der Waals surface area contributed by atoms with Gasteiger partial charge in [0.1, 0.15) is 5.75 Å². The number of hydrogen-bond donors (Lipinski definition) is 2. The molecule has 0 radical (unpaired) electrons. The largest absolute Gasteiger partial charge is 0.493 e. The van der Waals surface area contributed by atoms with Crippen LogP contribution in [-0.4, -0.2) is 30.3 Å². The van der Waals surface area contributed by atoms with Crippen LogP contribution in [0.5, 0.6) is 5.75 Å². The zero-order valence-corrected chi connectivity index (χ0v) is 25.9. The van der Waals surface area contributed by atoms with Gasteiger partial charge in [0, 0.05) is 17.5 Å². The number of carbonyl (C=O) groups excluding carboxylic acids is 1. The average molecular weight is 589 g/mol. The first-order valence-corrected chi connectivity index (χ1v) is 14.9. The molecule has 1 unspecified atom stereocenters. The summed E-state index contributed by atoms with van der Waals surface area (Å²) in [4.78, 5) is 12.8. The molecule has 8 heteroatoms. The van der Waals surface area contributed by atoms with Gasteiger partial charge in [0.15, 0.2) is 0 Å². The molecule has 1 aliphatic rings. The van der Waals surface area contributed by atoms with E-state index in [1.807, 2.05) is 52.0 Å². The summed E-state index contributed by atoms with van der Waals surface area (Å²) in [6, 6.07) is 10.5. The normalized spacial score (nSPS) is 15.7. The van der Waals surface area contributed by atoms with Crippen LogP contribution in [0, 0.1) is 5.41 Å². The highest BCUT2D eigenvalue weighted by Gasteiger charge is 2.47. The van der Waals surface area contributed by atoms with Crippen molar-refractivity contribution in [1.29, 1.82) is 0 Å². The molecule has 3 rings (SSSR count). The van der Waals surface area contributed by atoms with Crippen molar-refractivity contribution in [2.24, 2.45) is 16.9 Å². The van der Waals surface area contributed by atoms with E-state index in [9.17, 15) is 18.0 Å². The second-order valence-corrected chi connectivity index (χ2v) is 13.1. The lowest BCUT2D eigenvalue weighted by atomic mass is 9.68. The molecular formula is C34H47F3N2O3. The van der Waals surface area contributed by atoms with Crippen molar-refractivity contribution in [2.45, 2.75) is 104 Å². The van der Waals surface area contributed by atoms with Gasteiger partial charge in [-0.3, -0.25) is 4.79 Å². The van der Waals surface area contributed by atoms with Crippen LogP contribution in [-0.2, 0) is 28.5 Å². The summed E-state index contributed by atoms with van der Waals surface area (Å²) in [7, 11) is 0.